The van der Waals surface area contributed by atoms with E-state index < -0.39 is 17.6 Å². The van der Waals surface area contributed by atoms with E-state index in [1.807, 2.05) is 44.2 Å². The summed E-state index contributed by atoms with van der Waals surface area (Å²) in [7, 11) is 0. The maximum Gasteiger partial charge on any atom is 0.320 e. The maximum atomic E-state index is 11.2. The number of aliphatic hydroxyl groups is 1. The van der Waals surface area contributed by atoms with E-state index in [1.54, 1.807) is 6.92 Å². The molecule has 3 atom stereocenters. The second-order valence-electron chi connectivity index (χ2n) is 5.47. The van der Waals surface area contributed by atoms with Crippen LogP contribution in [-0.4, -0.2) is 34.4 Å². The molecule has 0 fully saturated rings. The van der Waals surface area contributed by atoms with Crippen LogP contribution >= 0.6 is 0 Å². The van der Waals surface area contributed by atoms with Gasteiger partial charge in [0.2, 0.25) is 0 Å². The predicted molar refractivity (Wildman–Crippen MR) is 82.8 cm³/mol. The number of rotatable bonds is 6. The Hall–Kier alpha value is -1.83. The van der Waals surface area contributed by atoms with E-state index in [1.165, 1.54) is 0 Å². The monoisotopic (exact) mass is 289 g/mol. The second-order valence-corrected chi connectivity index (χ2v) is 5.47. The summed E-state index contributed by atoms with van der Waals surface area (Å²) in [5.74, 6) is 4.75. The smallest absolute Gasteiger partial charge is 0.320 e. The zero-order valence-electron chi connectivity index (χ0n) is 12.8. The topological polar surface area (TPSA) is 69.6 Å². The molecule has 0 aliphatic heterocycles. The number of hydrogen-bond donors (Lipinski definition) is 3. The SMILES string of the molecule is CC[C@H](C)[C@@H](NC[C@@](C)(O)C#Cc1ccccc1)C(=O)O. The van der Waals surface area contributed by atoms with Crippen molar-refractivity contribution in [3.8, 4) is 11.8 Å². The minimum Gasteiger partial charge on any atom is -0.480 e. The van der Waals surface area contributed by atoms with Crippen LogP contribution in [0.4, 0.5) is 0 Å². The third-order valence-corrected chi connectivity index (χ3v) is 3.40. The molecule has 21 heavy (non-hydrogen) atoms. The number of carboxylic acids is 1. The molecule has 0 aliphatic rings. The summed E-state index contributed by atoms with van der Waals surface area (Å²) in [6.45, 7) is 5.49. The molecule has 0 saturated heterocycles. The van der Waals surface area contributed by atoms with Gasteiger partial charge < -0.3 is 15.5 Å². The van der Waals surface area contributed by atoms with E-state index in [2.05, 4.69) is 17.2 Å². The normalized spacial score (nSPS) is 16.2. The first-order chi connectivity index (χ1) is 9.85. The highest BCUT2D eigenvalue weighted by Crippen LogP contribution is 2.09. The molecule has 0 saturated carbocycles. The highest BCUT2D eigenvalue weighted by Gasteiger charge is 2.26. The van der Waals surface area contributed by atoms with Crippen molar-refractivity contribution >= 4 is 5.97 Å². The van der Waals surface area contributed by atoms with Gasteiger partial charge in [-0.05, 0) is 25.0 Å². The lowest BCUT2D eigenvalue weighted by atomic mass is 9.98. The molecule has 1 aromatic rings. The van der Waals surface area contributed by atoms with Crippen LogP contribution < -0.4 is 5.32 Å². The minimum atomic E-state index is -1.28. The highest BCUT2D eigenvalue weighted by atomic mass is 16.4. The van der Waals surface area contributed by atoms with E-state index in [-0.39, 0.29) is 12.5 Å². The molecule has 0 spiro atoms. The van der Waals surface area contributed by atoms with Crippen molar-refractivity contribution in [2.24, 2.45) is 5.92 Å². The molecule has 1 aromatic carbocycles. The Morgan fingerprint density at radius 2 is 2.00 bits per heavy atom. The maximum absolute atomic E-state index is 11.2. The standard InChI is InChI=1S/C17H23NO3/c1-4-13(2)15(16(19)20)18-12-17(3,21)11-10-14-8-6-5-7-9-14/h5-9,13,15,18,21H,4,12H2,1-3H3,(H,19,20)/t13-,15+,17-/m0/s1. The van der Waals surface area contributed by atoms with Gasteiger partial charge in [0.05, 0.1) is 0 Å². The lowest BCUT2D eigenvalue weighted by Crippen LogP contribution is -2.48. The van der Waals surface area contributed by atoms with Gasteiger partial charge in [-0.1, -0.05) is 50.3 Å². The molecule has 4 nitrogen and oxygen atoms in total. The van der Waals surface area contributed by atoms with Crippen LogP contribution in [-0.2, 0) is 4.79 Å². The van der Waals surface area contributed by atoms with Gasteiger partial charge in [-0.3, -0.25) is 4.79 Å². The average Bonchev–Trinajstić information content (AvgIpc) is 2.45. The Kier molecular flexibility index (Phi) is 6.41. The average molecular weight is 289 g/mol. The molecule has 0 aromatic heterocycles. The van der Waals surface area contributed by atoms with Gasteiger partial charge in [0.25, 0.3) is 0 Å². The zero-order valence-corrected chi connectivity index (χ0v) is 12.8. The van der Waals surface area contributed by atoms with Crippen molar-refractivity contribution in [1.82, 2.24) is 5.32 Å². The van der Waals surface area contributed by atoms with Gasteiger partial charge in [-0.15, -0.1) is 0 Å². The molecule has 0 amide bonds. The first-order valence-electron chi connectivity index (χ1n) is 7.12. The second kappa shape index (κ2) is 7.82. The Labute approximate surface area is 126 Å². The van der Waals surface area contributed by atoms with E-state index in [4.69, 9.17) is 0 Å². The Bertz CT molecular complexity index is 514. The largest absolute Gasteiger partial charge is 0.480 e. The third kappa shape index (κ3) is 5.99. The van der Waals surface area contributed by atoms with Crippen molar-refractivity contribution in [3.63, 3.8) is 0 Å². The number of carbonyl (C=O) groups is 1. The Balaban J connectivity index is 2.68. The van der Waals surface area contributed by atoms with E-state index in [9.17, 15) is 15.0 Å². The van der Waals surface area contributed by atoms with E-state index in [0.29, 0.717) is 0 Å². The molecule has 0 bridgehead atoms. The van der Waals surface area contributed by atoms with Crippen LogP contribution in [0.25, 0.3) is 0 Å². The Morgan fingerprint density at radius 3 is 2.52 bits per heavy atom. The number of carboxylic acid groups (broad SMARTS) is 1. The lowest BCUT2D eigenvalue weighted by Gasteiger charge is -2.24. The van der Waals surface area contributed by atoms with Gasteiger partial charge in [0.15, 0.2) is 0 Å². The molecule has 0 heterocycles. The zero-order chi connectivity index (χ0) is 15.9. The molecule has 0 unspecified atom stereocenters. The van der Waals surface area contributed by atoms with Gasteiger partial charge >= 0.3 is 5.97 Å². The molecule has 4 heteroatoms. The summed E-state index contributed by atoms with van der Waals surface area (Å²) >= 11 is 0. The molecular weight excluding hydrogens is 266 g/mol. The fourth-order valence-corrected chi connectivity index (χ4v) is 1.85. The third-order valence-electron chi connectivity index (χ3n) is 3.40. The van der Waals surface area contributed by atoms with Crippen LogP contribution in [0.2, 0.25) is 0 Å². The number of aliphatic carboxylic acids is 1. The summed E-state index contributed by atoms with van der Waals surface area (Å²) < 4.78 is 0. The summed E-state index contributed by atoms with van der Waals surface area (Å²) in [6, 6.07) is 8.68. The van der Waals surface area contributed by atoms with Crippen LogP contribution in [0.3, 0.4) is 0 Å². The summed E-state index contributed by atoms with van der Waals surface area (Å²) in [4.78, 5) is 11.2. The van der Waals surface area contributed by atoms with Crippen LogP contribution in [0.1, 0.15) is 32.8 Å². The first-order valence-corrected chi connectivity index (χ1v) is 7.12. The van der Waals surface area contributed by atoms with Crippen LogP contribution in [0, 0.1) is 17.8 Å². The highest BCUT2D eigenvalue weighted by molar-refractivity contribution is 5.73. The summed E-state index contributed by atoms with van der Waals surface area (Å²) in [5, 5.41) is 22.3. The number of benzene rings is 1. The van der Waals surface area contributed by atoms with Gasteiger partial charge in [0, 0.05) is 12.1 Å². The quantitative estimate of drug-likeness (QED) is 0.699. The lowest BCUT2D eigenvalue weighted by molar-refractivity contribution is -0.141. The van der Waals surface area contributed by atoms with E-state index >= 15 is 0 Å². The summed E-state index contributed by atoms with van der Waals surface area (Å²) in [5.41, 5.74) is -0.466. The van der Waals surface area contributed by atoms with Crippen LogP contribution in [0.15, 0.2) is 30.3 Å². The van der Waals surface area contributed by atoms with E-state index in [0.717, 1.165) is 12.0 Å². The van der Waals surface area contributed by atoms with Crippen molar-refractivity contribution in [1.29, 1.82) is 0 Å². The predicted octanol–water partition coefficient (Wildman–Crippen LogP) is 1.88. The summed E-state index contributed by atoms with van der Waals surface area (Å²) in [6.07, 6.45) is 0.752. The van der Waals surface area contributed by atoms with Crippen molar-refractivity contribution in [2.75, 3.05) is 6.54 Å². The fraction of sp³-hybridized carbons (Fsp3) is 0.471. The van der Waals surface area contributed by atoms with Crippen molar-refractivity contribution in [2.45, 2.75) is 38.8 Å². The molecule has 0 radical (unpaired) electrons. The van der Waals surface area contributed by atoms with Crippen LogP contribution in [0.5, 0.6) is 0 Å². The van der Waals surface area contributed by atoms with Crippen molar-refractivity contribution in [3.05, 3.63) is 35.9 Å². The first kappa shape index (κ1) is 17.2. The minimum absolute atomic E-state index is 0.0135. The van der Waals surface area contributed by atoms with Gasteiger partial charge in [-0.2, -0.15) is 0 Å². The molecule has 0 aliphatic carbocycles. The van der Waals surface area contributed by atoms with Crippen molar-refractivity contribution < 1.29 is 15.0 Å². The van der Waals surface area contributed by atoms with Gasteiger partial charge in [0.1, 0.15) is 11.6 Å². The molecule has 1 rings (SSSR count). The molecule has 114 valence electrons. The molecular formula is C17H23NO3. The molecule has 3 N–H and O–H groups in total. The van der Waals surface area contributed by atoms with Gasteiger partial charge in [-0.25, -0.2) is 0 Å². The number of hydrogen-bond acceptors (Lipinski definition) is 3. The Morgan fingerprint density at radius 1 is 1.38 bits per heavy atom. The fourth-order valence-electron chi connectivity index (χ4n) is 1.85. The number of nitrogens with one attached hydrogen (secondary N) is 1.